The molecule has 3 aromatic carbocycles. The number of carbonyl (C=O) groups excluding carboxylic acids is 1. The van der Waals surface area contributed by atoms with Crippen LogP contribution in [0.4, 0.5) is 0 Å². The zero-order valence-electron chi connectivity index (χ0n) is 14.3. The molecule has 0 fully saturated rings. The summed E-state index contributed by atoms with van der Waals surface area (Å²) < 4.78 is 5.65. The number of ether oxygens (including phenoxy) is 1. The van der Waals surface area contributed by atoms with Crippen molar-refractivity contribution < 1.29 is 9.53 Å². The van der Waals surface area contributed by atoms with Crippen LogP contribution in [0, 0.1) is 6.92 Å². The average Bonchev–Trinajstić information content (AvgIpc) is 2.65. The number of nitrogens with zero attached hydrogens (tertiary/aromatic N) is 1. The van der Waals surface area contributed by atoms with Crippen LogP contribution in [0.2, 0.25) is 0 Å². The molecule has 3 aromatic rings. The predicted octanol–water partition coefficient (Wildman–Crippen LogP) is 4.07. The van der Waals surface area contributed by atoms with Gasteiger partial charge in [-0.3, -0.25) is 4.79 Å². The van der Waals surface area contributed by atoms with Gasteiger partial charge in [-0.05, 0) is 30.9 Å². The quantitative estimate of drug-likeness (QED) is 0.566. The number of hydrogen-bond acceptors (Lipinski definition) is 3. The Morgan fingerprint density at radius 2 is 1.72 bits per heavy atom. The number of hydrazone groups is 1. The normalized spacial score (nSPS) is 11.4. The molecule has 0 saturated carbocycles. The second kappa shape index (κ2) is 7.62. The minimum absolute atomic E-state index is 0.0846. The summed E-state index contributed by atoms with van der Waals surface area (Å²) in [5.41, 5.74) is 5.44. The van der Waals surface area contributed by atoms with Crippen molar-refractivity contribution in [2.75, 3.05) is 6.61 Å². The molecule has 0 atom stereocenters. The second-order valence-electron chi connectivity index (χ2n) is 5.86. The van der Waals surface area contributed by atoms with Crippen LogP contribution >= 0.6 is 0 Å². The molecule has 3 rings (SSSR count). The van der Waals surface area contributed by atoms with Crippen LogP contribution in [-0.4, -0.2) is 18.2 Å². The van der Waals surface area contributed by atoms with Gasteiger partial charge in [0.1, 0.15) is 5.75 Å². The maximum absolute atomic E-state index is 12.0. The van der Waals surface area contributed by atoms with E-state index in [1.807, 2.05) is 80.6 Å². The van der Waals surface area contributed by atoms with Crippen LogP contribution in [0.5, 0.6) is 5.75 Å². The molecule has 25 heavy (non-hydrogen) atoms. The van der Waals surface area contributed by atoms with E-state index in [4.69, 9.17) is 4.74 Å². The van der Waals surface area contributed by atoms with E-state index in [2.05, 4.69) is 10.5 Å². The van der Waals surface area contributed by atoms with Gasteiger partial charge in [-0.1, -0.05) is 66.2 Å². The number of nitrogens with one attached hydrogen (secondary N) is 1. The van der Waals surface area contributed by atoms with Crippen LogP contribution in [0.15, 0.2) is 71.8 Å². The lowest BCUT2D eigenvalue weighted by atomic mass is 10.1. The summed E-state index contributed by atoms with van der Waals surface area (Å²) >= 11 is 0. The standard InChI is InChI=1S/C21H20N2O2/c1-15-10-12-17(13-11-15)16(2)22-23-21(24)14-25-20-9-5-7-18-6-3-4-8-19(18)20/h3-13H,14H2,1-2H3,(H,23,24)/b22-16+. The Hall–Kier alpha value is -3.14. The minimum Gasteiger partial charge on any atom is -0.483 e. The number of aryl methyl sites for hydroxylation is 1. The molecular formula is C21H20N2O2. The van der Waals surface area contributed by atoms with Crippen molar-refractivity contribution in [3.05, 3.63) is 77.9 Å². The number of fused-ring (bicyclic) bond motifs is 1. The fourth-order valence-electron chi connectivity index (χ4n) is 2.50. The van der Waals surface area contributed by atoms with Crippen LogP contribution in [-0.2, 0) is 4.79 Å². The van der Waals surface area contributed by atoms with Crippen molar-refractivity contribution in [3.63, 3.8) is 0 Å². The van der Waals surface area contributed by atoms with Crippen LogP contribution in [0.3, 0.4) is 0 Å². The summed E-state index contributed by atoms with van der Waals surface area (Å²) in [6.45, 7) is 3.80. The highest BCUT2D eigenvalue weighted by molar-refractivity contribution is 5.99. The largest absolute Gasteiger partial charge is 0.483 e. The Morgan fingerprint density at radius 3 is 2.52 bits per heavy atom. The molecule has 0 unspecified atom stereocenters. The summed E-state index contributed by atoms with van der Waals surface area (Å²) in [4.78, 5) is 12.0. The van der Waals surface area contributed by atoms with Gasteiger partial charge in [0.15, 0.2) is 6.61 Å². The first-order valence-electron chi connectivity index (χ1n) is 8.14. The zero-order chi connectivity index (χ0) is 17.6. The fourth-order valence-corrected chi connectivity index (χ4v) is 2.50. The molecular weight excluding hydrogens is 312 g/mol. The highest BCUT2D eigenvalue weighted by Gasteiger charge is 2.05. The third kappa shape index (κ3) is 4.23. The molecule has 4 nitrogen and oxygen atoms in total. The first-order valence-corrected chi connectivity index (χ1v) is 8.14. The van der Waals surface area contributed by atoms with Gasteiger partial charge in [0.2, 0.25) is 0 Å². The summed E-state index contributed by atoms with van der Waals surface area (Å²) in [5, 5.41) is 6.20. The van der Waals surface area contributed by atoms with E-state index in [1.54, 1.807) is 0 Å². The molecule has 0 aliphatic carbocycles. The lowest BCUT2D eigenvalue weighted by molar-refractivity contribution is -0.123. The number of carbonyl (C=O) groups is 1. The molecule has 0 aliphatic heterocycles. The molecule has 0 aliphatic rings. The van der Waals surface area contributed by atoms with Crippen molar-refractivity contribution in [3.8, 4) is 5.75 Å². The maximum Gasteiger partial charge on any atom is 0.277 e. The zero-order valence-corrected chi connectivity index (χ0v) is 14.3. The number of hydrogen-bond donors (Lipinski definition) is 1. The monoisotopic (exact) mass is 332 g/mol. The summed E-state index contributed by atoms with van der Waals surface area (Å²) in [6, 6.07) is 21.7. The average molecular weight is 332 g/mol. The first kappa shape index (κ1) is 16.7. The van der Waals surface area contributed by atoms with Gasteiger partial charge in [-0.2, -0.15) is 5.10 Å². The van der Waals surface area contributed by atoms with E-state index in [-0.39, 0.29) is 12.5 Å². The Balaban J connectivity index is 1.61. The van der Waals surface area contributed by atoms with E-state index >= 15 is 0 Å². The fraction of sp³-hybridized carbons (Fsp3) is 0.143. The number of amides is 1. The third-order valence-electron chi connectivity index (χ3n) is 3.93. The molecule has 1 N–H and O–H groups in total. The van der Waals surface area contributed by atoms with Gasteiger partial charge < -0.3 is 4.74 Å². The first-order chi connectivity index (χ1) is 12.1. The maximum atomic E-state index is 12.0. The van der Waals surface area contributed by atoms with Crippen molar-refractivity contribution in [2.45, 2.75) is 13.8 Å². The van der Waals surface area contributed by atoms with Gasteiger partial charge in [0.05, 0.1) is 5.71 Å². The van der Waals surface area contributed by atoms with Crippen molar-refractivity contribution in [1.82, 2.24) is 5.43 Å². The summed E-state index contributed by atoms with van der Waals surface area (Å²) in [6.07, 6.45) is 0. The van der Waals surface area contributed by atoms with Gasteiger partial charge >= 0.3 is 0 Å². The molecule has 126 valence electrons. The number of benzene rings is 3. The van der Waals surface area contributed by atoms with E-state index in [9.17, 15) is 4.79 Å². The second-order valence-corrected chi connectivity index (χ2v) is 5.86. The SMILES string of the molecule is C/C(=N\NC(=O)COc1cccc2ccccc12)c1ccc(C)cc1. The minimum atomic E-state index is -0.292. The van der Waals surface area contributed by atoms with E-state index in [0.717, 1.165) is 22.0 Å². The van der Waals surface area contributed by atoms with Gasteiger partial charge in [0, 0.05) is 5.39 Å². The molecule has 0 heterocycles. The van der Waals surface area contributed by atoms with Crippen LogP contribution < -0.4 is 10.2 Å². The Bertz CT molecular complexity index is 909. The molecule has 0 spiro atoms. The summed E-state index contributed by atoms with van der Waals surface area (Å²) in [5.74, 6) is 0.395. The Morgan fingerprint density at radius 1 is 1.00 bits per heavy atom. The van der Waals surface area contributed by atoms with Crippen molar-refractivity contribution in [2.24, 2.45) is 5.10 Å². The predicted molar refractivity (Wildman–Crippen MR) is 101 cm³/mol. The van der Waals surface area contributed by atoms with Gasteiger partial charge in [0.25, 0.3) is 5.91 Å². The molecule has 0 bridgehead atoms. The smallest absolute Gasteiger partial charge is 0.277 e. The lowest BCUT2D eigenvalue weighted by Gasteiger charge is -2.08. The van der Waals surface area contributed by atoms with E-state index in [0.29, 0.717) is 5.75 Å². The molecule has 4 heteroatoms. The van der Waals surface area contributed by atoms with Crippen molar-refractivity contribution >= 4 is 22.4 Å². The van der Waals surface area contributed by atoms with Crippen molar-refractivity contribution in [1.29, 1.82) is 0 Å². The third-order valence-corrected chi connectivity index (χ3v) is 3.93. The highest BCUT2D eigenvalue weighted by atomic mass is 16.5. The van der Waals surface area contributed by atoms with E-state index in [1.165, 1.54) is 5.56 Å². The summed E-state index contributed by atoms with van der Waals surface area (Å²) in [7, 11) is 0. The number of rotatable bonds is 5. The van der Waals surface area contributed by atoms with Crippen LogP contribution in [0.25, 0.3) is 10.8 Å². The van der Waals surface area contributed by atoms with E-state index < -0.39 is 0 Å². The highest BCUT2D eigenvalue weighted by Crippen LogP contribution is 2.24. The van der Waals surface area contributed by atoms with Gasteiger partial charge in [-0.25, -0.2) is 5.43 Å². The topological polar surface area (TPSA) is 50.7 Å². The Kier molecular flexibility index (Phi) is 5.09. The molecule has 0 aromatic heterocycles. The molecule has 1 amide bonds. The van der Waals surface area contributed by atoms with Gasteiger partial charge in [-0.15, -0.1) is 0 Å². The lowest BCUT2D eigenvalue weighted by Crippen LogP contribution is -2.25. The molecule has 0 saturated heterocycles. The van der Waals surface area contributed by atoms with Crippen LogP contribution in [0.1, 0.15) is 18.1 Å². The molecule has 0 radical (unpaired) electrons. The Labute approximate surface area is 147 Å².